The third kappa shape index (κ3) is 2.21. The molecule has 2 N–H and O–H groups in total. The molecule has 0 spiro atoms. The largest absolute Gasteiger partial charge is 0.394 e. The number of nitrogens with zero attached hydrogens (tertiary/aromatic N) is 1. The lowest BCUT2D eigenvalue weighted by atomic mass is 9.89. The summed E-state index contributed by atoms with van der Waals surface area (Å²) in [6.45, 7) is 1.71. The number of amides is 1. The number of hydrogen-bond acceptors (Lipinski definition) is 3. The highest BCUT2D eigenvalue weighted by Crippen LogP contribution is 2.34. The van der Waals surface area contributed by atoms with Crippen LogP contribution in [0.2, 0.25) is 0 Å². The van der Waals surface area contributed by atoms with Crippen molar-refractivity contribution in [3.63, 3.8) is 0 Å². The Labute approximate surface area is 113 Å². The highest BCUT2D eigenvalue weighted by atomic mass is 16.3. The van der Waals surface area contributed by atoms with Gasteiger partial charge in [-0.2, -0.15) is 0 Å². The van der Waals surface area contributed by atoms with Crippen LogP contribution in [-0.2, 0) is 4.79 Å². The summed E-state index contributed by atoms with van der Waals surface area (Å²) >= 11 is 0. The van der Waals surface area contributed by atoms with Crippen LogP contribution in [0.3, 0.4) is 0 Å². The van der Waals surface area contributed by atoms with E-state index in [1.54, 1.807) is 0 Å². The summed E-state index contributed by atoms with van der Waals surface area (Å²) in [6.07, 6.45) is 2.77. The summed E-state index contributed by atoms with van der Waals surface area (Å²) in [5.74, 6) is 0.134. The predicted molar refractivity (Wildman–Crippen MR) is 74.1 cm³/mol. The van der Waals surface area contributed by atoms with Crippen molar-refractivity contribution in [2.45, 2.75) is 31.2 Å². The molecule has 0 bridgehead atoms. The van der Waals surface area contributed by atoms with Crippen LogP contribution in [0.15, 0.2) is 24.3 Å². The van der Waals surface area contributed by atoms with Crippen LogP contribution in [0.5, 0.6) is 0 Å². The van der Waals surface area contributed by atoms with Crippen molar-refractivity contribution in [1.82, 2.24) is 4.90 Å². The first kappa shape index (κ1) is 12.5. The summed E-state index contributed by atoms with van der Waals surface area (Å²) < 4.78 is 0. The number of hydrogen-bond donors (Lipinski definition) is 2. The first-order valence-electron chi connectivity index (χ1n) is 7.05. The van der Waals surface area contributed by atoms with Gasteiger partial charge in [0.1, 0.15) is 0 Å². The van der Waals surface area contributed by atoms with Gasteiger partial charge in [0.15, 0.2) is 0 Å². The first-order valence-corrected chi connectivity index (χ1v) is 7.05. The van der Waals surface area contributed by atoms with E-state index >= 15 is 0 Å². The average molecular weight is 260 g/mol. The summed E-state index contributed by atoms with van der Waals surface area (Å²) in [7, 11) is 0. The van der Waals surface area contributed by atoms with Crippen LogP contribution >= 0.6 is 0 Å². The van der Waals surface area contributed by atoms with E-state index in [4.69, 9.17) is 0 Å². The van der Waals surface area contributed by atoms with Gasteiger partial charge in [-0.1, -0.05) is 18.2 Å². The Morgan fingerprint density at radius 2 is 2.21 bits per heavy atom. The first-order chi connectivity index (χ1) is 9.31. The summed E-state index contributed by atoms with van der Waals surface area (Å²) in [5.41, 5.74) is 2.18. The lowest BCUT2D eigenvalue weighted by Crippen LogP contribution is -2.41. The molecule has 1 amide bonds. The number of carbonyl (C=O) groups excluding carboxylic acids is 1. The Kier molecular flexibility index (Phi) is 3.42. The molecule has 2 heterocycles. The fourth-order valence-electron chi connectivity index (χ4n) is 3.24. The summed E-state index contributed by atoms with van der Waals surface area (Å²) in [4.78, 5) is 14.6. The molecule has 0 saturated carbocycles. The Hall–Kier alpha value is -1.55. The van der Waals surface area contributed by atoms with Gasteiger partial charge in [0.25, 0.3) is 0 Å². The van der Waals surface area contributed by atoms with E-state index in [0.717, 1.165) is 43.6 Å². The summed E-state index contributed by atoms with van der Waals surface area (Å²) in [5, 5.41) is 12.7. The minimum atomic E-state index is -0.0513. The number of nitrogens with one attached hydrogen (secondary N) is 1. The summed E-state index contributed by atoms with van der Waals surface area (Å²) in [6, 6.07) is 8.07. The van der Waals surface area contributed by atoms with Gasteiger partial charge in [-0.25, -0.2) is 0 Å². The van der Waals surface area contributed by atoms with E-state index in [-0.39, 0.29) is 24.5 Å². The van der Waals surface area contributed by atoms with Gasteiger partial charge in [0.05, 0.1) is 18.6 Å². The van der Waals surface area contributed by atoms with Crippen LogP contribution in [0, 0.1) is 0 Å². The number of aliphatic hydroxyl groups is 1. The number of aliphatic hydroxyl groups excluding tert-OH is 1. The van der Waals surface area contributed by atoms with Gasteiger partial charge in [-0.05, 0) is 30.9 Å². The van der Waals surface area contributed by atoms with E-state index in [0.29, 0.717) is 0 Å². The molecular formula is C15H20N2O2. The molecule has 1 saturated heterocycles. The quantitative estimate of drug-likeness (QED) is 0.848. The number of fused-ring (bicyclic) bond motifs is 1. The molecule has 1 fully saturated rings. The number of anilines is 1. The van der Waals surface area contributed by atoms with E-state index in [1.807, 2.05) is 29.2 Å². The maximum Gasteiger partial charge on any atom is 0.230 e. The monoisotopic (exact) mass is 260 g/mol. The number of likely N-dealkylation sites (tertiary alicyclic amines) is 1. The number of carbonyl (C=O) groups is 1. The third-order valence-corrected chi connectivity index (χ3v) is 4.25. The molecule has 0 aromatic heterocycles. The van der Waals surface area contributed by atoms with Gasteiger partial charge in [0.2, 0.25) is 5.91 Å². The highest BCUT2D eigenvalue weighted by molar-refractivity contribution is 5.86. The van der Waals surface area contributed by atoms with Crippen molar-refractivity contribution in [3.8, 4) is 0 Å². The molecular weight excluding hydrogens is 240 g/mol. The fraction of sp³-hybridized carbons (Fsp3) is 0.533. The van der Waals surface area contributed by atoms with Crippen molar-refractivity contribution in [2.24, 2.45) is 0 Å². The van der Waals surface area contributed by atoms with Crippen LogP contribution in [0.4, 0.5) is 5.69 Å². The molecule has 3 rings (SSSR count). The molecule has 19 heavy (non-hydrogen) atoms. The smallest absolute Gasteiger partial charge is 0.230 e. The molecule has 2 aliphatic rings. The van der Waals surface area contributed by atoms with E-state index in [9.17, 15) is 9.90 Å². The van der Waals surface area contributed by atoms with Gasteiger partial charge in [-0.15, -0.1) is 0 Å². The number of rotatable bonds is 2. The van der Waals surface area contributed by atoms with Crippen LogP contribution in [-0.4, -0.2) is 41.7 Å². The van der Waals surface area contributed by atoms with Crippen molar-refractivity contribution < 1.29 is 9.90 Å². The molecule has 4 heteroatoms. The molecule has 1 aromatic carbocycles. The van der Waals surface area contributed by atoms with Crippen molar-refractivity contribution in [2.75, 3.05) is 25.0 Å². The topological polar surface area (TPSA) is 52.6 Å². The standard InChI is InChI=1S/C15H20N2O2/c18-10-11-4-3-9-17(11)15(19)13-7-8-16-14-6-2-1-5-12(13)14/h1-2,5-6,11,13,16,18H,3-4,7-10H2. The van der Waals surface area contributed by atoms with Crippen LogP contribution in [0.1, 0.15) is 30.7 Å². The molecule has 2 aliphatic heterocycles. The lowest BCUT2D eigenvalue weighted by molar-refractivity contribution is -0.134. The van der Waals surface area contributed by atoms with Crippen molar-refractivity contribution in [1.29, 1.82) is 0 Å². The molecule has 4 nitrogen and oxygen atoms in total. The fourth-order valence-corrected chi connectivity index (χ4v) is 3.24. The molecule has 102 valence electrons. The van der Waals surface area contributed by atoms with Crippen molar-refractivity contribution >= 4 is 11.6 Å². The van der Waals surface area contributed by atoms with E-state index in [1.165, 1.54) is 0 Å². The van der Waals surface area contributed by atoms with Gasteiger partial charge < -0.3 is 15.3 Å². The molecule has 1 aromatic rings. The molecule has 2 unspecified atom stereocenters. The average Bonchev–Trinajstić information content (AvgIpc) is 2.94. The second-order valence-electron chi connectivity index (χ2n) is 5.37. The maximum absolute atomic E-state index is 12.7. The van der Waals surface area contributed by atoms with Gasteiger partial charge >= 0.3 is 0 Å². The zero-order valence-corrected chi connectivity index (χ0v) is 11.0. The van der Waals surface area contributed by atoms with Gasteiger partial charge in [-0.3, -0.25) is 4.79 Å². The van der Waals surface area contributed by atoms with Crippen molar-refractivity contribution in [3.05, 3.63) is 29.8 Å². The predicted octanol–water partition coefficient (Wildman–Crippen LogP) is 1.57. The Morgan fingerprint density at radius 1 is 1.37 bits per heavy atom. The Balaban J connectivity index is 1.85. The highest BCUT2D eigenvalue weighted by Gasteiger charge is 2.35. The van der Waals surface area contributed by atoms with Gasteiger partial charge in [0, 0.05) is 18.8 Å². The second kappa shape index (κ2) is 5.21. The minimum Gasteiger partial charge on any atom is -0.394 e. The van der Waals surface area contributed by atoms with E-state index in [2.05, 4.69) is 5.32 Å². The van der Waals surface area contributed by atoms with E-state index < -0.39 is 0 Å². The molecule has 0 aliphatic carbocycles. The Morgan fingerprint density at radius 3 is 3.05 bits per heavy atom. The SMILES string of the molecule is O=C(C1CCNc2ccccc21)N1CCCC1CO. The van der Waals surface area contributed by atoms with Crippen LogP contribution in [0.25, 0.3) is 0 Å². The normalized spacial score (nSPS) is 25.8. The third-order valence-electron chi connectivity index (χ3n) is 4.25. The van der Waals surface area contributed by atoms with Crippen LogP contribution < -0.4 is 5.32 Å². The second-order valence-corrected chi connectivity index (χ2v) is 5.37. The zero-order valence-electron chi connectivity index (χ0n) is 11.0. The number of benzene rings is 1. The minimum absolute atomic E-state index is 0.0227. The maximum atomic E-state index is 12.7. The molecule has 2 atom stereocenters. The zero-order chi connectivity index (χ0) is 13.2. The molecule has 0 radical (unpaired) electrons. The number of para-hydroxylation sites is 1. The lowest BCUT2D eigenvalue weighted by Gasteiger charge is -2.31. The Bertz CT molecular complexity index is 475.